The van der Waals surface area contributed by atoms with E-state index in [9.17, 15) is 18.0 Å². The molecule has 0 saturated carbocycles. The van der Waals surface area contributed by atoms with Crippen molar-refractivity contribution in [1.82, 2.24) is 10.2 Å². The highest BCUT2D eigenvalue weighted by molar-refractivity contribution is 5.85. The number of aromatic nitrogens is 2. The van der Waals surface area contributed by atoms with Crippen molar-refractivity contribution in [3.8, 4) is 11.5 Å². The van der Waals surface area contributed by atoms with E-state index in [-0.39, 0.29) is 5.89 Å². The molecule has 1 N–H and O–H groups in total. The fourth-order valence-corrected chi connectivity index (χ4v) is 1.57. The molecular weight excluding hydrogens is 315 g/mol. The van der Waals surface area contributed by atoms with Gasteiger partial charge >= 0.3 is 18.2 Å². The number of carbonyl (C=O) groups is 1. The normalized spacial score (nSPS) is 12.1. The number of hydrogen-bond acceptors (Lipinski definition) is 5. The first kappa shape index (κ1) is 16.8. The molecule has 0 saturated heterocycles. The van der Waals surface area contributed by atoms with Crippen molar-refractivity contribution in [2.45, 2.75) is 32.5 Å². The molecule has 2 aromatic rings. The maximum Gasteiger partial charge on any atom is 0.470 e. The molecule has 23 heavy (non-hydrogen) atoms. The Hall–Kier alpha value is -2.58. The van der Waals surface area contributed by atoms with Crippen LogP contribution in [0.25, 0.3) is 11.5 Å². The number of benzene rings is 1. The van der Waals surface area contributed by atoms with Crippen LogP contribution in [-0.4, -0.2) is 21.9 Å². The number of amides is 1. The molecule has 0 atom stereocenters. The van der Waals surface area contributed by atoms with Gasteiger partial charge < -0.3 is 9.15 Å². The van der Waals surface area contributed by atoms with Crippen molar-refractivity contribution in [3.05, 3.63) is 30.2 Å². The Bertz CT molecular complexity index is 688. The predicted molar refractivity (Wildman–Crippen MR) is 74.6 cm³/mol. The topological polar surface area (TPSA) is 77.2 Å². The summed E-state index contributed by atoms with van der Waals surface area (Å²) in [7, 11) is 0. The number of rotatable bonds is 2. The van der Waals surface area contributed by atoms with E-state index in [2.05, 4.69) is 19.9 Å². The fraction of sp³-hybridized carbons (Fsp3) is 0.357. The molecule has 0 bridgehead atoms. The van der Waals surface area contributed by atoms with Crippen LogP contribution in [0.3, 0.4) is 0 Å². The lowest BCUT2D eigenvalue weighted by atomic mass is 10.2. The minimum atomic E-state index is -4.69. The second-order valence-corrected chi connectivity index (χ2v) is 5.61. The first-order valence-corrected chi connectivity index (χ1v) is 6.56. The van der Waals surface area contributed by atoms with Gasteiger partial charge in [-0.05, 0) is 45.0 Å². The lowest BCUT2D eigenvalue weighted by Crippen LogP contribution is -2.27. The Kier molecular flexibility index (Phi) is 4.31. The molecule has 1 heterocycles. The molecule has 0 radical (unpaired) electrons. The Balaban J connectivity index is 2.08. The highest BCUT2D eigenvalue weighted by atomic mass is 19.4. The summed E-state index contributed by atoms with van der Waals surface area (Å²) in [6.07, 6.45) is -5.33. The molecule has 0 aliphatic heterocycles. The summed E-state index contributed by atoms with van der Waals surface area (Å²) in [5, 5.41) is 8.79. The standard InChI is InChI=1S/C14H14F3N3O3/c1-13(2,3)23-12(21)18-9-6-4-8(5-7-9)10-19-20-11(22-10)14(15,16)17/h4-7H,1-3H3,(H,18,21). The molecule has 124 valence electrons. The number of anilines is 1. The van der Waals surface area contributed by atoms with E-state index in [4.69, 9.17) is 4.74 Å². The number of halogens is 3. The Morgan fingerprint density at radius 1 is 1.13 bits per heavy atom. The number of hydrogen-bond donors (Lipinski definition) is 1. The van der Waals surface area contributed by atoms with E-state index >= 15 is 0 Å². The molecule has 0 spiro atoms. The van der Waals surface area contributed by atoms with Crippen molar-refractivity contribution in [3.63, 3.8) is 0 Å². The lowest BCUT2D eigenvalue weighted by molar-refractivity contribution is -0.156. The Labute approximate surface area is 129 Å². The molecule has 1 aromatic carbocycles. The van der Waals surface area contributed by atoms with Gasteiger partial charge in [-0.15, -0.1) is 10.2 Å². The van der Waals surface area contributed by atoms with Crippen molar-refractivity contribution >= 4 is 11.8 Å². The largest absolute Gasteiger partial charge is 0.470 e. The maximum absolute atomic E-state index is 12.4. The zero-order valence-corrected chi connectivity index (χ0v) is 12.6. The third kappa shape index (κ3) is 4.70. The van der Waals surface area contributed by atoms with Gasteiger partial charge in [0, 0.05) is 11.3 Å². The average molecular weight is 329 g/mol. The number of carbonyl (C=O) groups excluding carboxylic acids is 1. The van der Waals surface area contributed by atoms with Crippen LogP contribution in [0.2, 0.25) is 0 Å². The van der Waals surface area contributed by atoms with Crippen LogP contribution in [0.1, 0.15) is 26.7 Å². The van der Waals surface area contributed by atoms with Gasteiger partial charge in [0.05, 0.1) is 0 Å². The lowest BCUT2D eigenvalue weighted by Gasteiger charge is -2.19. The van der Waals surface area contributed by atoms with Crippen LogP contribution in [0.15, 0.2) is 28.7 Å². The molecule has 1 aromatic heterocycles. The molecule has 1 amide bonds. The predicted octanol–water partition coefficient (Wildman–Crippen LogP) is 4.10. The van der Waals surface area contributed by atoms with Gasteiger partial charge in [-0.25, -0.2) is 4.79 Å². The van der Waals surface area contributed by atoms with Crippen molar-refractivity contribution in [2.24, 2.45) is 0 Å². The molecule has 0 unspecified atom stereocenters. The summed E-state index contributed by atoms with van der Waals surface area (Å²) < 4.78 is 46.8. The van der Waals surface area contributed by atoms with E-state index in [1.165, 1.54) is 24.3 Å². The van der Waals surface area contributed by atoms with Crippen LogP contribution >= 0.6 is 0 Å². The van der Waals surface area contributed by atoms with Gasteiger partial charge in [-0.3, -0.25) is 5.32 Å². The van der Waals surface area contributed by atoms with Crippen LogP contribution < -0.4 is 5.32 Å². The fourth-order valence-electron chi connectivity index (χ4n) is 1.57. The summed E-state index contributed by atoms with van der Waals surface area (Å²) >= 11 is 0. The number of nitrogens with zero attached hydrogens (tertiary/aromatic N) is 2. The SMILES string of the molecule is CC(C)(C)OC(=O)Nc1ccc(-c2nnc(C(F)(F)F)o2)cc1. The van der Waals surface area contributed by atoms with Gasteiger partial charge in [0.2, 0.25) is 5.89 Å². The van der Waals surface area contributed by atoms with Crippen LogP contribution in [0, 0.1) is 0 Å². The molecule has 0 aliphatic carbocycles. The zero-order valence-electron chi connectivity index (χ0n) is 12.6. The smallest absolute Gasteiger partial charge is 0.444 e. The summed E-state index contributed by atoms with van der Waals surface area (Å²) in [6, 6.07) is 5.86. The van der Waals surface area contributed by atoms with Gasteiger partial charge in [0.25, 0.3) is 0 Å². The molecule has 9 heteroatoms. The van der Waals surface area contributed by atoms with Gasteiger partial charge in [0.1, 0.15) is 5.60 Å². The molecule has 0 fully saturated rings. The highest BCUT2D eigenvalue weighted by Crippen LogP contribution is 2.30. The third-order valence-corrected chi connectivity index (χ3v) is 2.44. The summed E-state index contributed by atoms with van der Waals surface area (Å²) in [6.45, 7) is 5.18. The van der Waals surface area contributed by atoms with Crippen molar-refractivity contribution < 1.29 is 27.1 Å². The van der Waals surface area contributed by atoms with Crippen LogP contribution in [0.5, 0.6) is 0 Å². The Morgan fingerprint density at radius 3 is 2.22 bits per heavy atom. The van der Waals surface area contributed by atoms with Gasteiger partial charge in [-0.1, -0.05) is 0 Å². The van der Waals surface area contributed by atoms with E-state index < -0.39 is 23.8 Å². The number of nitrogens with one attached hydrogen (secondary N) is 1. The highest BCUT2D eigenvalue weighted by Gasteiger charge is 2.38. The third-order valence-electron chi connectivity index (χ3n) is 2.44. The van der Waals surface area contributed by atoms with Gasteiger partial charge in [-0.2, -0.15) is 13.2 Å². The summed E-state index contributed by atoms with van der Waals surface area (Å²) in [5.74, 6) is -1.68. The monoisotopic (exact) mass is 329 g/mol. The van der Waals surface area contributed by atoms with Crippen LogP contribution in [-0.2, 0) is 10.9 Å². The van der Waals surface area contributed by atoms with E-state index in [1.54, 1.807) is 20.8 Å². The van der Waals surface area contributed by atoms with Crippen molar-refractivity contribution in [1.29, 1.82) is 0 Å². The second-order valence-electron chi connectivity index (χ2n) is 5.61. The quantitative estimate of drug-likeness (QED) is 0.897. The van der Waals surface area contributed by atoms with Crippen LogP contribution in [0.4, 0.5) is 23.7 Å². The zero-order chi connectivity index (χ0) is 17.3. The average Bonchev–Trinajstić information content (AvgIpc) is 2.86. The number of alkyl halides is 3. The summed E-state index contributed by atoms with van der Waals surface area (Å²) in [5.41, 5.74) is 0.0724. The molecule has 6 nitrogen and oxygen atoms in total. The minimum absolute atomic E-state index is 0.263. The maximum atomic E-state index is 12.4. The molecule has 0 aliphatic rings. The van der Waals surface area contributed by atoms with E-state index in [0.29, 0.717) is 11.3 Å². The number of ether oxygens (including phenoxy) is 1. The van der Waals surface area contributed by atoms with E-state index in [0.717, 1.165) is 0 Å². The first-order valence-electron chi connectivity index (χ1n) is 6.56. The summed E-state index contributed by atoms with van der Waals surface area (Å²) in [4.78, 5) is 11.6. The van der Waals surface area contributed by atoms with Gasteiger partial charge in [0.15, 0.2) is 0 Å². The molecule has 2 rings (SSSR count). The molecular formula is C14H14F3N3O3. The minimum Gasteiger partial charge on any atom is -0.444 e. The van der Waals surface area contributed by atoms with E-state index in [1.807, 2.05) is 0 Å². The van der Waals surface area contributed by atoms with Crippen molar-refractivity contribution in [2.75, 3.05) is 5.32 Å². The Morgan fingerprint density at radius 2 is 1.74 bits per heavy atom. The first-order chi connectivity index (χ1) is 10.5. The second kappa shape index (κ2) is 5.90.